The SMILES string of the molecule is CC1CC(C)CC(O)(C(C)(C)C(=O)O)C1. The predicted octanol–water partition coefficient (Wildman–Crippen LogP) is 2.28. The van der Waals surface area contributed by atoms with Crippen LogP contribution in [0.5, 0.6) is 0 Å². The van der Waals surface area contributed by atoms with Crippen LogP contribution in [0.2, 0.25) is 0 Å². The van der Waals surface area contributed by atoms with Crippen LogP contribution in [0.1, 0.15) is 47.0 Å². The minimum Gasteiger partial charge on any atom is -0.481 e. The summed E-state index contributed by atoms with van der Waals surface area (Å²) in [5.74, 6) is -0.110. The van der Waals surface area contributed by atoms with E-state index < -0.39 is 17.0 Å². The van der Waals surface area contributed by atoms with Gasteiger partial charge in [0.25, 0.3) is 0 Å². The summed E-state index contributed by atoms with van der Waals surface area (Å²) >= 11 is 0. The maximum absolute atomic E-state index is 11.2. The van der Waals surface area contributed by atoms with Crippen LogP contribution in [-0.4, -0.2) is 21.8 Å². The van der Waals surface area contributed by atoms with E-state index in [0.29, 0.717) is 24.7 Å². The van der Waals surface area contributed by atoms with E-state index in [1.54, 1.807) is 13.8 Å². The van der Waals surface area contributed by atoms with Crippen LogP contribution in [-0.2, 0) is 4.79 Å². The Kier molecular flexibility index (Phi) is 3.15. The number of carboxylic acid groups (broad SMARTS) is 1. The first-order valence-corrected chi connectivity index (χ1v) is 5.65. The fraction of sp³-hybridized carbons (Fsp3) is 0.917. The second kappa shape index (κ2) is 3.78. The molecule has 0 bridgehead atoms. The molecule has 1 aliphatic rings. The largest absolute Gasteiger partial charge is 0.481 e. The third kappa shape index (κ3) is 2.17. The van der Waals surface area contributed by atoms with Gasteiger partial charge in [-0.3, -0.25) is 4.79 Å². The zero-order chi connectivity index (χ0) is 11.9. The Hall–Kier alpha value is -0.570. The third-order valence-corrected chi connectivity index (χ3v) is 3.88. The molecular weight excluding hydrogens is 192 g/mol. The Labute approximate surface area is 91.5 Å². The van der Waals surface area contributed by atoms with Crippen LogP contribution < -0.4 is 0 Å². The molecule has 0 aromatic heterocycles. The third-order valence-electron chi connectivity index (χ3n) is 3.88. The first kappa shape index (κ1) is 12.5. The van der Waals surface area contributed by atoms with Crippen molar-refractivity contribution in [1.29, 1.82) is 0 Å². The summed E-state index contributed by atoms with van der Waals surface area (Å²) in [5.41, 5.74) is -2.12. The minimum absolute atomic E-state index is 0.400. The summed E-state index contributed by atoms with van der Waals surface area (Å²) in [4.78, 5) is 11.2. The van der Waals surface area contributed by atoms with Crippen LogP contribution >= 0.6 is 0 Å². The summed E-state index contributed by atoms with van der Waals surface area (Å²) in [7, 11) is 0. The Morgan fingerprint density at radius 2 is 1.67 bits per heavy atom. The fourth-order valence-electron chi connectivity index (χ4n) is 2.80. The van der Waals surface area contributed by atoms with Crippen LogP contribution in [0.15, 0.2) is 0 Å². The molecule has 0 heterocycles. The van der Waals surface area contributed by atoms with Crippen molar-refractivity contribution in [1.82, 2.24) is 0 Å². The standard InChI is InChI=1S/C12H22O3/c1-8-5-9(2)7-12(15,6-8)11(3,4)10(13)14/h8-9,15H,5-7H2,1-4H3,(H,13,14). The van der Waals surface area contributed by atoms with E-state index in [4.69, 9.17) is 0 Å². The zero-order valence-corrected chi connectivity index (χ0v) is 10.1. The molecule has 2 N–H and O–H groups in total. The number of rotatable bonds is 2. The number of aliphatic carboxylic acids is 1. The summed E-state index contributed by atoms with van der Waals surface area (Å²) in [6.07, 6.45) is 2.27. The van der Waals surface area contributed by atoms with Gasteiger partial charge in [0.15, 0.2) is 0 Å². The molecule has 2 atom stereocenters. The lowest BCUT2D eigenvalue weighted by molar-refractivity contribution is -0.173. The summed E-state index contributed by atoms with van der Waals surface area (Å²) in [6, 6.07) is 0. The Balaban J connectivity index is 2.94. The molecule has 0 radical (unpaired) electrons. The monoisotopic (exact) mass is 214 g/mol. The Bertz CT molecular complexity index is 248. The van der Waals surface area contributed by atoms with E-state index in [-0.39, 0.29) is 0 Å². The van der Waals surface area contributed by atoms with Crippen molar-refractivity contribution in [2.24, 2.45) is 17.3 Å². The van der Waals surface area contributed by atoms with E-state index in [1.165, 1.54) is 0 Å². The average Bonchev–Trinajstić information content (AvgIpc) is 2.00. The molecule has 15 heavy (non-hydrogen) atoms. The molecule has 0 aromatic carbocycles. The molecule has 0 aromatic rings. The molecule has 3 heteroatoms. The lowest BCUT2D eigenvalue weighted by Gasteiger charge is -2.46. The number of carboxylic acids is 1. The van der Waals surface area contributed by atoms with Crippen molar-refractivity contribution in [3.63, 3.8) is 0 Å². The summed E-state index contributed by atoms with van der Waals surface area (Å²) in [5, 5.41) is 19.7. The van der Waals surface area contributed by atoms with Crippen molar-refractivity contribution < 1.29 is 15.0 Å². The Morgan fingerprint density at radius 3 is 2.00 bits per heavy atom. The Morgan fingerprint density at radius 1 is 1.27 bits per heavy atom. The summed E-state index contributed by atoms with van der Waals surface area (Å²) in [6.45, 7) is 7.41. The van der Waals surface area contributed by atoms with Gasteiger partial charge in [-0.05, 0) is 44.9 Å². The van der Waals surface area contributed by atoms with E-state index in [2.05, 4.69) is 13.8 Å². The van der Waals surface area contributed by atoms with Gasteiger partial charge in [0, 0.05) is 0 Å². The number of hydrogen-bond acceptors (Lipinski definition) is 2. The van der Waals surface area contributed by atoms with E-state index in [9.17, 15) is 15.0 Å². The number of aliphatic hydroxyl groups is 1. The van der Waals surface area contributed by atoms with E-state index in [0.717, 1.165) is 6.42 Å². The molecule has 1 saturated carbocycles. The van der Waals surface area contributed by atoms with Gasteiger partial charge in [-0.2, -0.15) is 0 Å². The maximum atomic E-state index is 11.2. The quantitative estimate of drug-likeness (QED) is 0.741. The van der Waals surface area contributed by atoms with Crippen LogP contribution in [0, 0.1) is 17.3 Å². The highest BCUT2D eigenvalue weighted by atomic mass is 16.4. The number of hydrogen-bond donors (Lipinski definition) is 2. The lowest BCUT2D eigenvalue weighted by atomic mass is 9.62. The molecule has 0 spiro atoms. The van der Waals surface area contributed by atoms with Crippen molar-refractivity contribution >= 4 is 5.97 Å². The van der Waals surface area contributed by atoms with Gasteiger partial charge in [0.2, 0.25) is 0 Å². The molecule has 2 unspecified atom stereocenters. The average molecular weight is 214 g/mol. The van der Waals surface area contributed by atoms with Gasteiger partial charge in [0.1, 0.15) is 0 Å². The predicted molar refractivity (Wildman–Crippen MR) is 58.5 cm³/mol. The molecule has 1 fully saturated rings. The molecule has 0 amide bonds. The summed E-state index contributed by atoms with van der Waals surface area (Å²) < 4.78 is 0. The first-order valence-electron chi connectivity index (χ1n) is 5.65. The van der Waals surface area contributed by atoms with Gasteiger partial charge >= 0.3 is 5.97 Å². The topological polar surface area (TPSA) is 57.5 Å². The highest BCUT2D eigenvalue weighted by Gasteiger charge is 2.51. The fourth-order valence-corrected chi connectivity index (χ4v) is 2.80. The van der Waals surface area contributed by atoms with Gasteiger partial charge in [-0.25, -0.2) is 0 Å². The van der Waals surface area contributed by atoms with Crippen molar-refractivity contribution in [3.05, 3.63) is 0 Å². The molecule has 88 valence electrons. The maximum Gasteiger partial charge on any atom is 0.312 e. The molecule has 3 nitrogen and oxygen atoms in total. The van der Waals surface area contributed by atoms with Gasteiger partial charge in [-0.15, -0.1) is 0 Å². The second-order valence-corrected chi connectivity index (χ2v) is 5.82. The lowest BCUT2D eigenvalue weighted by Crippen LogP contribution is -2.53. The molecular formula is C12H22O3. The smallest absolute Gasteiger partial charge is 0.312 e. The van der Waals surface area contributed by atoms with Gasteiger partial charge < -0.3 is 10.2 Å². The van der Waals surface area contributed by atoms with Gasteiger partial charge in [-0.1, -0.05) is 13.8 Å². The number of carbonyl (C=O) groups is 1. The van der Waals surface area contributed by atoms with E-state index in [1.807, 2.05) is 0 Å². The van der Waals surface area contributed by atoms with Crippen LogP contribution in [0.3, 0.4) is 0 Å². The van der Waals surface area contributed by atoms with Gasteiger partial charge in [0.05, 0.1) is 11.0 Å². The molecule has 0 saturated heterocycles. The minimum atomic E-state index is -1.06. The molecule has 0 aliphatic heterocycles. The first-order chi connectivity index (χ1) is 6.69. The zero-order valence-electron chi connectivity index (χ0n) is 10.1. The normalized spacial score (nSPS) is 37.7. The van der Waals surface area contributed by atoms with Crippen molar-refractivity contribution in [2.45, 2.75) is 52.6 Å². The second-order valence-electron chi connectivity index (χ2n) is 5.82. The van der Waals surface area contributed by atoms with Crippen LogP contribution in [0.4, 0.5) is 0 Å². The highest BCUT2D eigenvalue weighted by molar-refractivity contribution is 5.75. The van der Waals surface area contributed by atoms with E-state index >= 15 is 0 Å². The molecule has 1 aliphatic carbocycles. The van der Waals surface area contributed by atoms with Crippen LogP contribution in [0.25, 0.3) is 0 Å². The molecule has 1 rings (SSSR count). The highest BCUT2D eigenvalue weighted by Crippen LogP contribution is 2.46. The van der Waals surface area contributed by atoms with Crippen molar-refractivity contribution in [2.75, 3.05) is 0 Å². The van der Waals surface area contributed by atoms with Crippen molar-refractivity contribution in [3.8, 4) is 0 Å².